The fourth-order valence-corrected chi connectivity index (χ4v) is 3.29. The predicted octanol–water partition coefficient (Wildman–Crippen LogP) is 1.70. The van der Waals surface area contributed by atoms with E-state index in [1.807, 2.05) is 61.6 Å². The second-order valence-electron chi connectivity index (χ2n) is 6.61. The highest BCUT2D eigenvalue weighted by Crippen LogP contribution is 2.15. The summed E-state index contributed by atoms with van der Waals surface area (Å²) < 4.78 is 3.56. The fourth-order valence-electron chi connectivity index (χ4n) is 3.29. The van der Waals surface area contributed by atoms with E-state index in [0.717, 1.165) is 22.4 Å². The minimum absolute atomic E-state index is 0.116. The third-order valence-corrected chi connectivity index (χ3v) is 4.79. The highest BCUT2D eigenvalue weighted by molar-refractivity contribution is 5.80. The van der Waals surface area contributed by atoms with Crippen molar-refractivity contribution in [2.45, 2.75) is 18.9 Å². The number of nitrogens with zero attached hydrogens (tertiary/aromatic N) is 6. The van der Waals surface area contributed by atoms with Crippen LogP contribution in [0.2, 0.25) is 0 Å². The van der Waals surface area contributed by atoms with Gasteiger partial charge in [-0.15, -0.1) is 5.10 Å². The van der Waals surface area contributed by atoms with E-state index < -0.39 is 6.04 Å². The number of carbonyl (C=O) groups is 1. The van der Waals surface area contributed by atoms with Crippen LogP contribution in [0.15, 0.2) is 60.9 Å². The molecule has 1 atom stereocenters. The molecule has 2 aromatic heterocycles. The number of para-hydroxylation sites is 2. The van der Waals surface area contributed by atoms with Gasteiger partial charge >= 0.3 is 0 Å². The molecule has 1 amide bonds. The summed E-state index contributed by atoms with van der Waals surface area (Å²) in [4.78, 5) is 17.5. The zero-order chi connectivity index (χ0) is 19.3. The molecule has 0 aliphatic carbocycles. The number of aryl methyl sites for hydroxylation is 1. The van der Waals surface area contributed by atoms with Crippen molar-refractivity contribution >= 4 is 16.9 Å². The van der Waals surface area contributed by atoms with Crippen LogP contribution in [0.4, 0.5) is 0 Å². The van der Waals surface area contributed by atoms with Crippen LogP contribution < -0.4 is 5.32 Å². The van der Waals surface area contributed by atoms with Crippen LogP contribution in [-0.2, 0) is 24.7 Å². The zero-order valence-electron chi connectivity index (χ0n) is 15.6. The number of hydrogen-bond acceptors (Lipinski definition) is 5. The Kier molecular flexibility index (Phi) is 5.09. The van der Waals surface area contributed by atoms with Crippen LogP contribution >= 0.6 is 0 Å². The number of imidazole rings is 1. The summed E-state index contributed by atoms with van der Waals surface area (Å²) in [5, 5.41) is 14.3. The van der Waals surface area contributed by atoms with Gasteiger partial charge in [0.25, 0.3) is 0 Å². The summed E-state index contributed by atoms with van der Waals surface area (Å²) in [6.45, 7) is 0.489. The number of fused-ring (bicyclic) bond motifs is 1. The molecule has 0 fully saturated rings. The number of benzene rings is 2. The standard InChI is InChI=1S/C20H21N7O/c1-26-17-10-6-5-9-16(17)23-19(26)11-12-21-20(28)18(27-14-22-24-25-27)13-15-7-3-2-4-8-15/h2-10,14,18H,11-13H2,1H3,(H,21,28)/t18-/m0/s1. The Bertz CT molecular complexity index is 1060. The summed E-state index contributed by atoms with van der Waals surface area (Å²) in [5.41, 5.74) is 3.09. The third-order valence-electron chi connectivity index (χ3n) is 4.79. The molecule has 0 aliphatic rings. The van der Waals surface area contributed by atoms with Crippen LogP contribution in [-0.4, -0.2) is 42.2 Å². The number of nitrogens with one attached hydrogen (secondary N) is 1. The topological polar surface area (TPSA) is 90.5 Å². The molecular weight excluding hydrogens is 354 g/mol. The molecule has 0 spiro atoms. The number of aromatic nitrogens is 6. The average Bonchev–Trinajstić information content (AvgIpc) is 3.36. The van der Waals surface area contributed by atoms with Crippen molar-refractivity contribution in [2.75, 3.05) is 6.54 Å². The van der Waals surface area contributed by atoms with Gasteiger partial charge in [0.2, 0.25) is 5.91 Å². The molecule has 0 unspecified atom stereocenters. The molecule has 0 saturated heterocycles. The van der Waals surface area contributed by atoms with Crippen molar-refractivity contribution in [2.24, 2.45) is 7.05 Å². The molecule has 4 aromatic rings. The summed E-state index contributed by atoms with van der Waals surface area (Å²) in [6.07, 6.45) is 2.63. The Hall–Kier alpha value is -3.55. The van der Waals surface area contributed by atoms with E-state index in [2.05, 4.69) is 30.4 Å². The molecule has 0 saturated carbocycles. The number of rotatable bonds is 7. The SMILES string of the molecule is Cn1c(CCNC(=O)[C@H](Cc2ccccc2)n2cnnn2)nc2ccccc21. The van der Waals surface area contributed by atoms with Crippen molar-refractivity contribution in [1.82, 2.24) is 35.1 Å². The van der Waals surface area contributed by atoms with E-state index in [4.69, 9.17) is 0 Å². The highest BCUT2D eigenvalue weighted by Gasteiger charge is 2.22. The maximum Gasteiger partial charge on any atom is 0.245 e. The minimum Gasteiger partial charge on any atom is -0.354 e. The first-order valence-corrected chi connectivity index (χ1v) is 9.17. The fraction of sp³-hybridized carbons (Fsp3) is 0.250. The molecule has 8 heteroatoms. The van der Waals surface area contributed by atoms with E-state index in [1.54, 1.807) is 0 Å². The van der Waals surface area contributed by atoms with Crippen molar-refractivity contribution in [3.05, 3.63) is 72.3 Å². The Balaban J connectivity index is 1.43. The summed E-state index contributed by atoms with van der Waals surface area (Å²) in [5.74, 6) is 0.818. The Labute approximate surface area is 162 Å². The van der Waals surface area contributed by atoms with Crippen molar-refractivity contribution in [3.8, 4) is 0 Å². The summed E-state index contributed by atoms with van der Waals surface area (Å²) >= 11 is 0. The Morgan fingerprint density at radius 2 is 1.89 bits per heavy atom. The molecule has 0 aliphatic heterocycles. The quantitative estimate of drug-likeness (QED) is 0.531. The largest absolute Gasteiger partial charge is 0.354 e. The molecule has 8 nitrogen and oxygen atoms in total. The van der Waals surface area contributed by atoms with Crippen LogP contribution in [0.3, 0.4) is 0 Å². The summed E-state index contributed by atoms with van der Waals surface area (Å²) in [7, 11) is 1.99. The molecule has 2 heterocycles. The second kappa shape index (κ2) is 7.99. The Morgan fingerprint density at radius 3 is 2.64 bits per heavy atom. The van der Waals surface area contributed by atoms with E-state index in [-0.39, 0.29) is 5.91 Å². The van der Waals surface area contributed by atoms with Crippen LogP contribution in [0.5, 0.6) is 0 Å². The normalized spacial score (nSPS) is 12.2. The number of hydrogen-bond donors (Lipinski definition) is 1. The van der Waals surface area contributed by atoms with E-state index in [9.17, 15) is 4.79 Å². The lowest BCUT2D eigenvalue weighted by atomic mass is 10.1. The highest BCUT2D eigenvalue weighted by atomic mass is 16.2. The molecule has 1 N–H and O–H groups in total. The van der Waals surface area contributed by atoms with Gasteiger partial charge in [-0.05, 0) is 28.1 Å². The zero-order valence-corrected chi connectivity index (χ0v) is 15.6. The van der Waals surface area contributed by atoms with Gasteiger partial charge < -0.3 is 9.88 Å². The van der Waals surface area contributed by atoms with Gasteiger partial charge in [-0.1, -0.05) is 42.5 Å². The van der Waals surface area contributed by atoms with Gasteiger partial charge in [-0.3, -0.25) is 4.79 Å². The van der Waals surface area contributed by atoms with Gasteiger partial charge in [0.1, 0.15) is 18.2 Å². The number of carbonyl (C=O) groups excluding carboxylic acids is 1. The maximum atomic E-state index is 12.8. The first-order chi connectivity index (χ1) is 13.7. The molecular formula is C20H21N7O. The van der Waals surface area contributed by atoms with Crippen LogP contribution in [0.25, 0.3) is 11.0 Å². The van der Waals surface area contributed by atoms with Gasteiger partial charge in [0, 0.05) is 26.4 Å². The lowest BCUT2D eigenvalue weighted by Gasteiger charge is -2.16. The molecule has 0 radical (unpaired) electrons. The second-order valence-corrected chi connectivity index (χ2v) is 6.61. The Morgan fingerprint density at radius 1 is 1.11 bits per heavy atom. The van der Waals surface area contributed by atoms with Crippen LogP contribution in [0, 0.1) is 0 Å². The molecule has 4 rings (SSSR count). The van der Waals surface area contributed by atoms with Crippen molar-refractivity contribution in [3.63, 3.8) is 0 Å². The van der Waals surface area contributed by atoms with Crippen LogP contribution in [0.1, 0.15) is 17.4 Å². The lowest BCUT2D eigenvalue weighted by Crippen LogP contribution is -2.35. The van der Waals surface area contributed by atoms with Gasteiger partial charge in [0.15, 0.2) is 0 Å². The maximum absolute atomic E-state index is 12.8. The average molecular weight is 375 g/mol. The van der Waals surface area contributed by atoms with Crippen molar-refractivity contribution in [1.29, 1.82) is 0 Å². The van der Waals surface area contributed by atoms with Gasteiger partial charge in [-0.25, -0.2) is 9.67 Å². The first kappa shape index (κ1) is 17.8. The third kappa shape index (κ3) is 3.75. The van der Waals surface area contributed by atoms with Gasteiger partial charge in [-0.2, -0.15) is 0 Å². The molecule has 2 aromatic carbocycles. The number of amides is 1. The number of tetrazole rings is 1. The smallest absolute Gasteiger partial charge is 0.245 e. The molecule has 0 bridgehead atoms. The molecule has 142 valence electrons. The minimum atomic E-state index is -0.502. The molecule has 28 heavy (non-hydrogen) atoms. The lowest BCUT2D eigenvalue weighted by molar-refractivity contribution is -0.124. The summed E-state index contributed by atoms with van der Waals surface area (Å²) in [6, 6.07) is 17.3. The van der Waals surface area contributed by atoms with Crippen molar-refractivity contribution < 1.29 is 4.79 Å². The monoisotopic (exact) mass is 375 g/mol. The van der Waals surface area contributed by atoms with E-state index in [1.165, 1.54) is 11.0 Å². The predicted molar refractivity (Wildman–Crippen MR) is 104 cm³/mol. The van der Waals surface area contributed by atoms with E-state index in [0.29, 0.717) is 19.4 Å². The van der Waals surface area contributed by atoms with Gasteiger partial charge in [0.05, 0.1) is 11.0 Å². The van der Waals surface area contributed by atoms with E-state index >= 15 is 0 Å². The first-order valence-electron chi connectivity index (χ1n) is 9.17.